The Morgan fingerprint density at radius 1 is 0.931 bits per heavy atom. The van der Waals surface area contributed by atoms with Crippen LogP contribution in [0.5, 0.6) is 11.5 Å². The average molecular weight is 426 g/mol. The summed E-state index contributed by atoms with van der Waals surface area (Å²) in [7, 11) is 0. The lowest BCUT2D eigenvalue weighted by Gasteiger charge is -2.13. The van der Waals surface area contributed by atoms with Crippen LogP contribution in [0.1, 0.15) is 10.4 Å². The Kier molecular flexibility index (Phi) is 5.25. The summed E-state index contributed by atoms with van der Waals surface area (Å²) in [6, 6.07) is 20.3. The highest BCUT2D eigenvalue weighted by Gasteiger charge is 2.17. The van der Waals surface area contributed by atoms with Gasteiger partial charge < -0.3 is 14.5 Å². The minimum absolute atomic E-state index is 0.162. The summed E-state index contributed by atoms with van der Waals surface area (Å²) < 4.78 is 11.1. The molecule has 0 bridgehead atoms. The number of anilines is 1. The van der Waals surface area contributed by atoms with Crippen molar-refractivity contribution < 1.29 is 13.9 Å². The van der Waals surface area contributed by atoms with Crippen LogP contribution in [0.2, 0.25) is 10.0 Å². The monoisotopic (exact) mass is 425 g/mol. The Labute approximate surface area is 175 Å². The zero-order valence-electron chi connectivity index (χ0n) is 14.8. The number of rotatable bonds is 4. The van der Waals surface area contributed by atoms with Gasteiger partial charge >= 0.3 is 5.63 Å². The van der Waals surface area contributed by atoms with Crippen LogP contribution in [0.15, 0.2) is 82.0 Å². The van der Waals surface area contributed by atoms with Gasteiger partial charge in [-0.25, -0.2) is 4.79 Å². The molecule has 29 heavy (non-hydrogen) atoms. The Hall–Kier alpha value is -3.28. The van der Waals surface area contributed by atoms with Gasteiger partial charge in [-0.05, 0) is 42.5 Å². The fourth-order valence-corrected chi connectivity index (χ4v) is 3.15. The Morgan fingerprint density at radius 3 is 2.52 bits per heavy atom. The molecule has 0 saturated heterocycles. The molecule has 5 nitrogen and oxygen atoms in total. The lowest BCUT2D eigenvalue weighted by atomic mass is 10.1. The molecule has 1 aromatic heterocycles. The normalized spacial score (nSPS) is 10.7. The number of hydrogen-bond donors (Lipinski definition) is 1. The number of amides is 1. The molecular formula is C22H13Cl2NO4. The van der Waals surface area contributed by atoms with Gasteiger partial charge in [0.2, 0.25) is 0 Å². The van der Waals surface area contributed by atoms with Crippen molar-refractivity contribution in [1.29, 1.82) is 0 Å². The summed E-state index contributed by atoms with van der Waals surface area (Å²) in [6.45, 7) is 0. The highest BCUT2D eigenvalue weighted by atomic mass is 35.5. The number of hydrogen-bond acceptors (Lipinski definition) is 4. The third-order valence-electron chi connectivity index (χ3n) is 4.12. The first kappa shape index (κ1) is 19.1. The van der Waals surface area contributed by atoms with Gasteiger partial charge in [0.15, 0.2) is 11.3 Å². The topological polar surface area (TPSA) is 68.5 Å². The van der Waals surface area contributed by atoms with Crippen LogP contribution >= 0.6 is 23.2 Å². The molecule has 0 fully saturated rings. The minimum atomic E-state index is -0.796. The van der Waals surface area contributed by atoms with Gasteiger partial charge in [0, 0.05) is 10.4 Å². The van der Waals surface area contributed by atoms with Gasteiger partial charge in [0.05, 0.1) is 10.7 Å². The second kappa shape index (κ2) is 7.99. The number of ether oxygens (including phenoxy) is 1. The number of carbonyl (C=O) groups is 1. The highest BCUT2D eigenvalue weighted by Crippen LogP contribution is 2.32. The molecule has 0 saturated carbocycles. The van der Waals surface area contributed by atoms with Gasteiger partial charge in [0.25, 0.3) is 5.91 Å². The van der Waals surface area contributed by atoms with Crippen molar-refractivity contribution in [3.8, 4) is 11.5 Å². The van der Waals surface area contributed by atoms with Crippen LogP contribution in [-0.2, 0) is 0 Å². The predicted octanol–water partition coefficient (Wildman–Crippen LogP) is 6.14. The van der Waals surface area contributed by atoms with E-state index in [9.17, 15) is 9.59 Å². The van der Waals surface area contributed by atoms with E-state index in [0.29, 0.717) is 32.6 Å². The van der Waals surface area contributed by atoms with Gasteiger partial charge in [-0.1, -0.05) is 53.5 Å². The van der Waals surface area contributed by atoms with E-state index in [0.717, 1.165) is 0 Å². The van der Waals surface area contributed by atoms with E-state index in [4.69, 9.17) is 32.4 Å². The zero-order chi connectivity index (χ0) is 20.4. The van der Waals surface area contributed by atoms with Crippen LogP contribution in [0.4, 0.5) is 5.69 Å². The molecule has 0 atom stereocenters. The predicted molar refractivity (Wildman–Crippen MR) is 113 cm³/mol. The van der Waals surface area contributed by atoms with Crippen molar-refractivity contribution in [1.82, 2.24) is 0 Å². The van der Waals surface area contributed by atoms with Gasteiger partial charge in [-0.2, -0.15) is 0 Å². The lowest BCUT2D eigenvalue weighted by molar-refractivity contribution is 0.102. The van der Waals surface area contributed by atoms with Gasteiger partial charge in [0.1, 0.15) is 11.3 Å². The van der Waals surface area contributed by atoms with E-state index in [-0.39, 0.29) is 11.1 Å². The van der Waals surface area contributed by atoms with E-state index in [1.807, 2.05) is 18.2 Å². The summed E-state index contributed by atoms with van der Waals surface area (Å²) in [4.78, 5) is 25.1. The molecule has 4 aromatic rings. The van der Waals surface area contributed by atoms with Crippen LogP contribution in [0, 0.1) is 0 Å². The fourth-order valence-electron chi connectivity index (χ4n) is 2.76. The van der Waals surface area contributed by atoms with E-state index in [2.05, 4.69) is 5.32 Å². The van der Waals surface area contributed by atoms with Gasteiger partial charge in [-0.3, -0.25) is 4.79 Å². The first-order valence-corrected chi connectivity index (χ1v) is 9.33. The number of carbonyl (C=O) groups excluding carboxylic acids is 1. The highest BCUT2D eigenvalue weighted by molar-refractivity contribution is 6.34. The SMILES string of the molecule is O=C(Nc1cc(Cl)ccc1Oc1ccccc1)c1cc2cccc(Cl)c2oc1=O. The second-order valence-electron chi connectivity index (χ2n) is 6.12. The molecule has 0 aliphatic carbocycles. The van der Waals surface area contributed by atoms with E-state index < -0.39 is 11.5 Å². The maximum Gasteiger partial charge on any atom is 0.349 e. The van der Waals surface area contributed by atoms with Crippen molar-refractivity contribution in [3.05, 3.63) is 98.8 Å². The second-order valence-corrected chi connectivity index (χ2v) is 6.96. The number of benzene rings is 3. The molecule has 144 valence electrons. The summed E-state index contributed by atoms with van der Waals surface area (Å²) in [5.41, 5.74) is -0.412. The van der Waals surface area contributed by atoms with Gasteiger partial charge in [-0.15, -0.1) is 0 Å². The molecule has 0 aliphatic rings. The van der Waals surface area contributed by atoms with E-state index in [1.165, 1.54) is 12.1 Å². The van der Waals surface area contributed by atoms with Crippen LogP contribution < -0.4 is 15.7 Å². The molecule has 0 aliphatic heterocycles. The summed E-state index contributed by atoms with van der Waals surface area (Å²) >= 11 is 12.1. The molecule has 1 N–H and O–H groups in total. The smallest absolute Gasteiger partial charge is 0.349 e. The molecule has 4 rings (SSSR count). The zero-order valence-corrected chi connectivity index (χ0v) is 16.3. The summed E-state index contributed by atoms with van der Waals surface area (Å²) in [5.74, 6) is 0.313. The maximum atomic E-state index is 12.8. The third-order valence-corrected chi connectivity index (χ3v) is 4.65. The van der Waals surface area contributed by atoms with Crippen LogP contribution in [-0.4, -0.2) is 5.91 Å². The number of fused-ring (bicyclic) bond motifs is 1. The Balaban J connectivity index is 1.68. The molecule has 0 unspecified atom stereocenters. The molecule has 7 heteroatoms. The largest absolute Gasteiger partial charge is 0.455 e. The molecule has 3 aromatic carbocycles. The van der Waals surface area contributed by atoms with Crippen LogP contribution in [0.25, 0.3) is 11.0 Å². The summed E-state index contributed by atoms with van der Waals surface area (Å²) in [6.07, 6.45) is 0. The van der Waals surface area contributed by atoms with E-state index in [1.54, 1.807) is 42.5 Å². The van der Waals surface area contributed by atoms with Crippen molar-refractivity contribution in [2.24, 2.45) is 0 Å². The quantitative estimate of drug-likeness (QED) is 0.398. The molecular weight excluding hydrogens is 413 g/mol. The third kappa shape index (κ3) is 4.11. The molecule has 1 amide bonds. The average Bonchev–Trinajstić information content (AvgIpc) is 2.71. The first-order valence-electron chi connectivity index (χ1n) is 8.57. The standard InChI is InChI=1S/C22H13Cl2NO4/c23-14-9-10-19(28-15-6-2-1-3-7-15)18(12-14)25-21(26)16-11-13-5-4-8-17(24)20(13)29-22(16)27/h1-12H,(H,25,26). The number of halogens is 2. The molecule has 1 heterocycles. The molecule has 0 spiro atoms. The maximum absolute atomic E-state index is 12.8. The minimum Gasteiger partial charge on any atom is -0.455 e. The lowest BCUT2D eigenvalue weighted by Crippen LogP contribution is -2.21. The Bertz CT molecular complexity index is 1270. The summed E-state index contributed by atoms with van der Waals surface area (Å²) in [5, 5.41) is 3.90. The molecule has 0 radical (unpaired) electrons. The van der Waals surface area contributed by atoms with E-state index >= 15 is 0 Å². The number of para-hydroxylation sites is 2. The van der Waals surface area contributed by atoms with Crippen LogP contribution in [0.3, 0.4) is 0 Å². The van der Waals surface area contributed by atoms with Crippen molar-refractivity contribution in [3.63, 3.8) is 0 Å². The van der Waals surface area contributed by atoms with Crippen molar-refractivity contribution >= 4 is 45.8 Å². The number of nitrogens with one attached hydrogen (secondary N) is 1. The Morgan fingerprint density at radius 2 is 1.72 bits per heavy atom. The first-order chi connectivity index (χ1) is 14.0. The van der Waals surface area contributed by atoms with Crippen molar-refractivity contribution in [2.75, 3.05) is 5.32 Å². The van der Waals surface area contributed by atoms with Crippen molar-refractivity contribution in [2.45, 2.75) is 0 Å². The fraction of sp³-hybridized carbons (Fsp3) is 0.